The Balaban J connectivity index is 3.03. The van der Waals surface area contributed by atoms with Crippen molar-refractivity contribution in [3.63, 3.8) is 0 Å². The second kappa shape index (κ2) is 11.6. The van der Waals surface area contributed by atoms with Crippen LogP contribution in [0.25, 0.3) is 0 Å². The van der Waals surface area contributed by atoms with Crippen molar-refractivity contribution < 1.29 is 47.3 Å². The number of aliphatic hydroxyl groups is 1. The molecule has 0 aromatic rings. The molecule has 0 unspecified atom stereocenters. The number of hydrogen-bond acceptors (Lipinski definition) is 10. The Morgan fingerprint density at radius 2 is 1.57 bits per heavy atom. The molecule has 0 radical (unpaired) electrons. The van der Waals surface area contributed by atoms with Gasteiger partial charge in [0.15, 0.2) is 12.2 Å². The van der Waals surface area contributed by atoms with Crippen LogP contribution in [0, 0.1) is 0 Å². The molecule has 0 aromatic carbocycles. The summed E-state index contributed by atoms with van der Waals surface area (Å²) in [6.07, 6.45) is -5.18. The fourth-order valence-corrected chi connectivity index (χ4v) is 4.72. The van der Waals surface area contributed by atoms with Crippen LogP contribution in [-0.4, -0.2) is 73.2 Å². The molecule has 0 bridgehead atoms. The van der Waals surface area contributed by atoms with Crippen molar-refractivity contribution in [2.24, 2.45) is 0 Å². The van der Waals surface area contributed by atoms with Gasteiger partial charge in [-0.3, -0.25) is 14.2 Å². The van der Waals surface area contributed by atoms with Crippen LogP contribution in [0.5, 0.6) is 0 Å². The highest BCUT2D eigenvalue weighted by Crippen LogP contribution is 2.49. The standard InChI is InChI=1S/C17H29O10P/c1-5-23-28(22,24-6-2)10-8-13-15(21)17(26-12(4)20)16(25-11(3)19)14(27-13)7-9-18/h9,13-17,21H,5-8,10H2,1-4H3/t13-,14-,15-,16-,17+/m1/s1. The monoisotopic (exact) mass is 424 g/mol. The van der Waals surface area contributed by atoms with Crippen molar-refractivity contribution in [1.29, 1.82) is 0 Å². The molecule has 10 nitrogen and oxygen atoms in total. The summed E-state index contributed by atoms with van der Waals surface area (Å²) in [6, 6.07) is 0. The third kappa shape index (κ3) is 7.25. The molecule has 1 N–H and O–H groups in total. The van der Waals surface area contributed by atoms with E-state index in [1.54, 1.807) is 13.8 Å². The lowest BCUT2D eigenvalue weighted by atomic mass is 9.92. The van der Waals surface area contributed by atoms with Gasteiger partial charge < -0.3 is 33.2 Å². The van der Waals surface area contributed by atoms with Gasteiger partial charge in [0.1, 0.15) is 18.5 Å². The molecular formula is C17H29O10P. The van der Waals surface area contributed by atoms with Crippen LogP contribution >= 0.6 is 7.60 Å². The third-order valence-electron chi connectivity index (χ3n) is 4.03. The molecule has 11 heteroatoms. The van der Waals surface area contributed by atoms with Gasteiger partial charge in [-0.2, -0.15) is 0 Å². The maximum atomic E-state index is 12.6. The first-order chi connectivity index (χ1) is 13.2. The highest BCUT2D eigenvalue weighted by atomic mass is 31.2. The van der Waals surface area contributed by atoms with Crippen molar-refractivity contribution in [3.8, 4) is 0 Å². The van der Waals surface area contributed by atoms with E-state index in [0.717, 1.165) is 13.8 Å². The summed E-state index contributed by atoms with van der Waals surface area (Å²) in [5.41, 5.74) is 0. The second-order valence-electron chi connectivity index (χ2n) is 6.21. The Morgan fingerprint density at radius 3 is 2.04 bits per heavy atom. The summed E-state index contributed by atoms with van der Waals surface area (Å²) in [7, 11) is -3.39. The first kappa shape index (κ1) is 24.7. The zero-order valence-corrected chi connectivity index (χ0v) is 17.5. The predicted molar refractivity (Wildman–Crippen MR) is 96.8 cm³/mol. The van der Waals surface area contributed by atoms with Crippen molar-refractivity contribution in [1.82, 2.24) is 0 Å². The van der Waals surface area contributed by atoms with Gasteiger partial charge in [0.2, 0.25) is 0 Å². The Kier molecular flexibility index (Phi) is 10.3. The number of ether oxygens (including phenoxy) is 3. The van der Waals surface area contributed by atoms with E-state index in [2.05, 4.69) is 0 Å². The van der Waals surface area contributed by atoms with Crippen LogP contribution < -0.4 is 0 Å². The van der Waals surface area contributed by atoms with E-state index in [9.17, 15) is 24.1 Å². The molecule has 1 fully saturated rings. The molecule has 0 saturated carbocycles. The van der Waals surface area contributed by atoms with Crippen LogP contribution in [0.15, 0.2) is 0 Å². The molecule has 1 heterocycles. The fraction of sp³-hybridized carbons (Fsp3) is 0.824. The molecule has 0 aliphatic carbocycles. The lowest BCUT2D eigenvalue weighted by molar-refractivity contribution is -0.240. The third-order valence-corrected chi connectivity index (χ3v) is 6.14. The molecule has 0 aromatic heterocycles. The zero-order valence-electron chi connectivity index (χ0n) is 16.6. The predicted octanol–water partition coefficient (Wildman–Crippen LogP) is 1.22. The molecule has 0 spiro atoms. The largest absolute Gasteiger partial charge is 0.456 e. The van der Waals surface area contributed by atoms with Gasteiger partial charge in [-0.05, 0) is 20.3 Å². The minimum atomic E-state index is -3.39. The Labute approximate surface area is 164 Å². The van der Waals surface area contributed by atoms with E-state index in [4.69, 9.17) is 23.3 Å². The van der Waals surface area contributed by atoms with E-state index in [1.807, 2.05) is 0 Å². The first-order valence-electron chi connectivity index (χ1n) is 9.17. The van der Waals surface area contributed by atoms with Gasteiger partial charge in [0.25, 0.3) is 0 Å². The number of carbonyl (C=O) groups is 3. The van der Waals surface area contributed by atoms with E-state index in [0.29, 0.717) is 6.29 Å². The quantitative estimate of drug-likeness (QED) is 0.293. The number of aliphatic hydroxyl groups excluding tert-OH is 1. The SMILES string of the molecule is CCOP(=O)(CC[C@H]1O[C@H](CC=O)[C@@H](OC(C)=O)[C@@H](OC(C)=O)[C@@H]1O)OCC. The molecule has 1 saturated heterocycles. The van der Waals surface area contributed by atoms with Gasteiger partial charge in [-0.25, -0.2) is 0 Å². The Morgan fingerprint density at radius 1 is 1.04 bits per heavy atom. The summed E-state index contributed by atoms with van der Waals surface area (Å²) in [6.45, 7) is 6.03. The average Bonchev–Trinajstić information content (AvgIpc) is 2.59. The summed E-state index contributed by atoms with van der Waals surface area (Å²) >= 11 is 0. The molecular weight excluding hydrogens is 395 g/mol. The maximum absolute atomic E-state index is 12.6. The highest BCUT2D eigenvalue weighted by molar-refractivity contribution is 7.53. The number of aldehydes is 1. The van der Waals surface area contributed by atoms with Crippen LogP contribution in [0.3, 0.4) is 0 Å². The van der Waals surface area contributed by atoms with Gasteiger partial charge in [0, 0.05) is 20.3 Å². The summed E-state index contributed by atoms with van der Waals surface area (Å²) in [5.74, 6) is -1.37. The lowest BCUT2D eigenvalue weighted by Gasteiger charge is -2.43. The van der Waals surface area contributed by atoms with Gasteiger partial charge >= 0.3 is 19.5 Å². The summed E-state index contributed by atoms with van der Waals surface area (Å²) < 4.78 is 39.1. The normalized spacial score (nSPS) is 27.8. The van der Waals surface area contributed by atoms with Crippen molar-refractivity contribution in [3.05, 3.63) is 0 Å². The smallest absolute Gasteiger partial charge is 0.330 e. The van der Waals surface area contributed by atoms with Crippen molar-refractivity contribution in [2.75, 3.05) is 19.4 Å². The molecule has 28 heavy (non-hydrogen) atoms. The summed E-state index contributed by atoms with van der Waals surface area (Å²) in [5, 5.41) is 10.7. The molecule has 1 aliphatic rings. The van der Waals surface area contributed by atoms with Crippen LogP contribution in [0.2, 0.25) is 0 Å². The topological polar surface area (TPSA) is 135 Å². The van der Waals surface area contributed by atoms with Crippen LogP contribution in [0.1, 0.15) is 40.5 Å². The highest BCUT2D eigenvalue weighted by Gasteiger charge is 2.49. The first-order valence-corrected chi connectivity index (χ1v) is 10.9. The minimum Gasteiger partial charge on any atom is -0.456 e. The summed E-state index contributed by atoms with van der Waals surface area (Å²) in [4.78, 5) is 33.9. The van der Waals surface area contributed by atoms with Crippen molar-refractivity contribution in [2.45, 2.75) is 71.1 Å². The number of esters is 2. The van der Waals surface area contributed by atoms with Crippen LogP contribution in [-0.2, 0) is 42.2 Å². The maximum Gasteiger partial charge on any atom is 0.330 e. The molecule has 1 rings (SSSR count). The van der Waals surface area contributed by atoms with Gasteiger partial charge in [0.05, 0.1) is 25.5 Å². The molecule has 5 atom stereocenters. The van der Waals surface area contributed by atoms with E-state index < -0.39 is 50.1 Å². The zero-order chi connectivity index (χ0) is 21.3. The average molecular weight is 424 g/mol. The van der Waals surface area contributed by atoms with Gasteiger partial charge in [-0.15, -0.1) is 0 Å². The van der Waals surface area contributed by atoms with E-state index >= 15 is 0 Å². The molecule has 1 aliphatic heterocycles. The minimum absolute atomic E-state index is 0.0464. The number of rotatable bonds is 11. The number of carbonyl (C=O) groups excluding carboxylic acids is 3. The van der Waals surface area contributed by atoms with E-state index in [-0.39, 0.29) is 32.2 Å². The Hall–Kier alpha value is -1.32. The van der Waals surface area contributed by atoms with Crippen molar-refractivity contribution >= 4 is 25.8 Å². The van der Waals surface area contributed by atoms with E-state index in [1.165, 1.54) is 0 Å². The fourth-order valence-electron chi connectivity index (χ4n) is 3.03. The second-order valence-corrected chi connectivity index (χ2v) is 8.40. The molecule has 0 amide bonds. The Bertz CT molecular complexity index is 570. The molecule has 162 valence electrons. The lowest BCUT2D eigenvalue weighted by Crippen LogP contribution is -2.60. The number of hydrogen-bond donors (Lipinski definition) is 1. The van der Waals surface area contributed by atoms with Gasteiger partial charge in [-0.1, -0.05) is 0 Å². The van der Waals surface area contributed by atoms with Crippen LogP contribution in [0.4, 0.5) is 0 Å².